The summed E-state index contributed by atoms with van der Waals surface area (Å²) in [6, 6.07) is 0. The highest BCUT2D eigenvalue weighted by atomic mass is 16.5. The fourth-order valence-corrected chi connectivity index (χ4v) is 4.45. The minimum absolute atomic E-state index is 0.0315. The zero-order chi connectivity index (χ0) is 18.9. The van der Waals surface area contributed by atoms with Gasteiger partial charge >= 0.3 is 0 Å². The Bertz CT molecular complexity index is 539. The average Bonchev–Trinajstić information content (AvgIpc) is 3.16. The maximum Gasteiger partial charge on any atom is 0.243 e. The van der Waals surface area contributed by atoms with Gasteiger partial charge in [0.25, 0.3) is 0 Å². The summed E-state index contributed by atoms with van der Waals surface area (Å²) in [6.07, 6.45) is 2.86. The smallest absolute Gasteiger partial charge is 0.243 e. The Morgan fingerprint density at radius 3 is 2.19 bits per heavy atom. The van der Waals surface area contributed by atoms with Crippen LogP contribution in [0.5, 0.6) is 0 Å². The van der Waals surface area contributed by atoms with Crippen molar-refractivity contribution in [1.82, 2.24) is 14.7 Å². The molecule has 7 nitrogen and oxygen atoms in total. The molecule has 148 valence electrons. The Labute approximate surface area is 156 Å². The molecule has 0 aromatic carbocycles. The molecule has 0 spiro atoms. The van der Waals surface area contributed by atoms with E-state index in [0.29, 0.717) is 32.7 Å². The van der Waals surface area contributed by atoms with E-state index >= 15 is 0 Å². The Morgan fingerprint density at radius 1 is 1.04 bits per heavy atom. The Hall–Kier alpha value is -1.18. The lowest BCUT2D eigenvalue weighted by atomic mass is 9.54. The first-order valence-corrected chi connectivity index (χ1v) is 9.99. The summed E-state index contributed by atoms with van der Waals surface area (Å²) in [6.45, 7) is 11.7. The Morgan fingerprint density at radius 2 is 1.65 bits per heavy atom. The molecule has 3 fully saturated rings. The number of carbonyl (C=O) groups is 2. The van der Waals surface area contributed by atoms with Crippen LogP contribution in [0.15, 0.2) is 0 Å². The van der Waals surface area contributed by atoms with Gasteiger partial charge in [0.1, 0.15) is 5.54 Å². The topological polar surface area (TPSA) is 79.1 Å². The van der Waals surface area contributed by atoms with E-state index in [0.717, 1.165) is 39.0 Å². The Balaban J connectivity index is 1.50. The van der Waals surface area contributed by atoms with Crippen molar-refractivity contribution in [1.29, 1.82) is 0 Å². The second-order valence-corrected chi connectivity index (χ2v) is 8.50. The Kier molecular flexibility index (Phi) is 5.61. The summed E-state index contributed by atoms with van der Waals surface area (Å²) < 4.78 is 5.73. The highest BCUT2D eigenvalue weighted by Crippen LogP contribution is 2.50. The van der Waals surface area contributed by atoms with Crippen molar-refractivity contribution < 1.29 is 14.3 Å². The van der Waals surface area contributed by atoms with Gasteiger partial charge in [-0.25, -0.2) is 0 Å². The lowest BCUT2D eigenvalue weighted by Crippen LogP contribution is -2.76. The van der Waals surface area contributed by atoms with Crippen LogP contribution in [0.1, 0.15) is 40.0 Å². The summed E-state index contributed by atoms with van der Waals surface area (Å²) in [7, 11) is 0. The normalized spacial score (nSPS) is 31.8. The summed E-state index contributed by atoms with van der Waals surface area (Å²) >= 11 is 0. The van der Waals surface area contributed by atoms with E-state index in [-0.39, 0.29) is 23.3 Å². The molecule has 0 bridgehead atoms. The predicted octanol–water partition coefficient (Wildman–Crippen LogP) is 0.286. The number of ether oxygens (including phenoxy) is 1. The zero-order valence-electron chi connectivity index (χ0n) is 16.5. The van der Waals surface area contributed by atoms with E-state index < -0.39 is 5.54 Å². The van der Waals surface area contributed by atoms with Gasteiger partial charge in [0.15, 0.2) is 0 Å². The van der Waals surface area contributed by atoms with Gasteiger partial charge in [0.2, 0.25) is 11.8 Å². The number of piperazine rings is 1. The number of hydrogen-bond acceptors (Lipinski definition) is 5. The van der Waals surface area contributed by atoms with E-state index in [9.17, 15) is 9.59 Å². The van der Waals surface area contributed by atoms with Crippen molar-refractivity contribution in [2.24, 2.45) is 11.1 Å². The van der Waals surface area contributed by atoms with Crippen molar-refractivity contribution in [2.45, 2.75) is 51.7 Å². The lowest BCUT2D eigenvalue weighted by Gasteiger charge is -2.59. The molecule has 0 aromatic heterocycles. The summed E-state index contributed by atoms with van der Waals surface area (Å²) in [4.78, 5) is 31.3. The van der Waals surface area contributed by atoms with Gasteiger partial charge < -0.3 is 20.3 Å². The van der Waals surface area contributed by atoms with Crippen molar-refractivity contribution >= 4 is 11.8 Å². The lowest BCUT2D eigenvalue weighted by molar-refractivity contribution is -0.180. The molecule has 2 saturated heterocycles. The quantitative estimate of drug-likeness (QED) is 0.756. The van der Waals surface area contributed by atoms with Crippen molar-refractivity contribution in [3.63, 3.8) is 0 Å². The first kappa shape index (κ1) is 19.6. The van der Waals surface area contributed by atoms with Crippen LogP contribution in [-0.2, 0) is 14.3 Å². The van der Waals surface area contributed by atoms with Crippen LogP contribution >= 0.6 is 0 Å². The maximum absolute atomic E-state index is 13.1. The summed E-state index contributed by atoms with van der Waals surface area (Å²) in [5.74, 6) is 0.251. The van der Waals surface area contributed by atoms with E-state index in [2.05, 4.69) is 4.90 Å². The van der Waals surface area contributed by atoms with Gasteiger partial charge in [-0.05, 0) is 19.8 Å². The highest BCUT2D eigenvalue weighted by Gasteiger charge is 2.63. The number of rotatable bonds is 5. The number of nitrogens with zero attached hydrogens (tertiary/aromatic N) is 3. The monoisotopic (exact) mass is 366 g/mol. The van der Waals surface area contributed by atoms with Crippen LogP contribution in [0.25, 0.3) is 0 Å². The van der Waals surface area contributed by atoms with Crippen LogP contribution in [0, 0.1) is 5.41 Å². The number of amides is 2. The molecule has 3 rings (SSSR count). The van der Waals surface area contributed by atoms with Gasteiger partial charge in [0.05, 0.1) is 12.6 Å². The third kappa shape index (κ3) is 3.37. The first-order chi connectivity index (χ1) is 12.3. The second kappa shape index (κ2) is 7.44. The SMILES string of the molecule is CCOC1CC(N)(C(=O)N2CCN(CC(=O)N3CCCC3)CC2)C1(C)C. The van der Waals surface area contributed by atoms with Gasteiger partial charge in [-0.3, -0.25) is 14.5 Å². The largest absolute Gasteiger partial charge is 0.378 e. The van der Waals surface area contributed by atoms with E-state index in [1.54, 1.807) is 0 Å². The van der Waals surface area contributed by atoms with E-state index in [1.807, 2.05) is 30.6 Å². The molecule has 2 aliphatic heterocycles. The van der Waals surface area contributed by atoms with Crippen LogP contribution in [0.3, 0.4) is 0 Å². The van der Waals surface area contributed by atoms with Crippen molar-refractivity contribution in [3.05, 3.63) is 0 Å². The average molecular weight is 367 g/mol. The highest BCUT2D eigenvalue weighted by molar-refractivity contribution is 5.89. The number of hydrogen-bond donors (Lipinski definition) is 1. The third-order valence-corrected chi connectivity index (χ3v) is 6.69. The molecule has 2 atom stereocenters. The molecule has 2 unspecified atom stereocenters. The minimum Gasteiger partial charge on any atom is -0.378 e. The molecule has 2 amide bonds. The number of nitrogens with two attached hydrogens (primary N) is 1. The molecular formula is C19H34N4O3. The zero-order valence-corrected chi connectivity index (χ0v) is 16.5. The molecule has 0 radical (unpaired) electrons. The predicted molar refractivity (Wildman–Crippen MR) is 99.6 cm³/mol. The van der Waals surface area contributed by atoms with Gasteiger partial charge in [-0.2, -0.15) is 0 Å². The van der Waals surface area contributed by atoms with Crippen LogP contribution in [0.2, 0.25) is 0 Å². The van der Waals surface area contributed by atoms with Crippen LogP contribution in [-0.4, -0.2) is 90.6 Å². The molecule has 2 heterocycles. The van der Waals surface area contributed by atoms with Gasteiger partial charge in [-0.1, -0.05) is 13.8 Å². The maximum atomic E-state index is 13.1. The molecule has 1 aliphatic carbocycles. The third-order valence-electron chi connectivity index (χ3n) is 6.69. The molecular weight excluding hydrogens is 332 g/mol. The van der Waals surface area contributed by atoms with Gasteiger partial charge in [-0.15, -0.1) is 0 Å². The molecule has 3 aliphatic rings. The molecule has 7 heteroatoms. The molecule has 2 N–H and O–H groups in total. The van der Waals surface area contributed by atoms with Crippen molar-refractivity contribution in [2.75, 3.05) is 52.4 Å². The minimum atomic E-state index is -0.847. The van der Waals surface area contributed by atoms with Gasteiger partial charge in [0, 0.05) is 57.7 Å². The second-order valence-electron chi connectivity index (χ2n) is 8.50. The standard InChI is InChI=1S/C19H34N4O3/c1-4-26-15-13-19(20,18(15,2)3)17(25)23-11-9-21(10-12-23)14-16(24)22-7-5-6-8-22/h15H,4-14,20H2,1-3H3. The fourth-order valence-electron chi connectivity index (χ4n) is 4.45. The number of likely N-dealkylation sites (tertiary alicyclic amines) is 1. The first-order valence-electron chi connectivity index (χ1n) is 9.99. The molecule has 26 heavy (non-hydrogen) atoms. The number of carbonyl (C=O) groups excluding carboxylic acids is 2. The van der Waals surface area contributed by atoms with E-state index in [1.165, 1.54) is 0 Å². The molecule has 1 saturated carbocycles. The van der Waals surface area contributed by atoms with Crippen LogP contribution in [0.4, 0.5) is 0 Å². The van der Waals surface area contributed by atoms with E-state index in [4.69, 9.17) is 10.5 Å². The van der Waals surface area contributed by atoms with Crippen LogP contribution < -0.4 is 5.73 Å². The fraction of sp³-hybridized carbons (Fsp3) is 0.895. The molecule has 0 aromatic rings. The summed E-state index contributed by atoms with van der Waals surface area (Å²) in [5.41, 5.74) is 5.32. The van der Waals surface area contributed by atoms with Crippen molar-refractivity contribution in [3.8, 4) is 0 Å². The summed E-state index contributed by atoms with van der Waals surface area (Å²) in [5, 5.41) is 0.